The second-order valence-electron chi connectivity index (χ2n) is 8.17. The summed E-state index contributed by atoms with van der Waals surface area (Å²) < 4.78 is 5.53. The average molecular weight is 440 g/mol. The topological polar surface area (TPSA) is 125 Å². The van der Waals surface area contributed by atoms with E-state index in [4.69, 9.17) is 14.9 Å². The van der Waals surface area contributed by atoms with Gasteiger partial charge in [-0.05, 0) is 28.2 Å². The van der Waals surface area contributed by atoms with Crippen molar-refractivity contribution < 1.29 is 29.3 Å². The molecule has 2 aromatic rings. The van der Waals surface area contributed by atoms with E-state index in [0.717, 1.165) is 22.3 Å². The number of nitrogens with one attached hydrogen (secondary N) is 2. The van der Waals surface area contributed by atoms with Gasteiger partial charge in [-0.1, -0.05) is 62.4 Å². The van der Waals surface area contributed by atoms with Gasteiger partial charge in [-0.3, -0.25) is 4.79 Å². The van der Waals surface area contributed by atoms with Gasteiger partial charge in [-0.15, -0.1) is 0 Å². The van der Waals surface area contributed by atoms with Gasteiger partial charge in [0.25, 0.3) is 0 Å². The molecule has 2 amide bonds. The second-order valence-corrected chi connectivity index (χ2v) is 8.17. The van der Waals surface area contributed by atoms with Crippen molar-refractivity contribution in [1.29, 1.82) is 0 Å². The minimum Gasteiger partial charge on any atom is -0.480 e. The van der Waals surface area contributed by atoms with Crippen molar-refractivity contribution in [2.75, 3.05) is 13.2 Å². The van der Waals surface area contributed by atoms with Gasteiger partial charge in [-0.2, -0.15) is 0 Å². The van der Waals surface area contributed by atoms with Crippen molar-refractivity contribution in [3.8, 4) is 11.1 Å². The number of hydrogen-bond donors (Lipinski definition) is 4. The average Bonchev–Trinajstić information content (AvgIpc) is 3.09. The lowest BCUT2D eigenvalue weighted by molar-refractivity contribution is -0.143. The zero-order chi connectivity index (χ0) is 23.3. The Morgan fingerprint density at radius 2 is 1.53 bits per heavy atom. The zero-order valence-corrected chi connectivity index (χ0v) is 18.1. The zero-order valence-electron chi connectivity index (χ0n) is 18.1. The molecule has 2 aromatic carbocycles. The lowest BCUT2D eigenvalue weighted by Crippen LogP contribution is -2.47. The monoisotopic (exact) mass is 440 g/mol. The Bertz CT molecular complexity index is 944. The molecule has 32 heavy (non-hydrogen) atoms. The number of amides is 2. The quantitative estimate of drug-likeness (QED) is 0.475. The van der Waals surface area contributed by atoms with Crippen LogP contribution in [-0.4, -0.2) is 53.5 Å². The summed E-state index contributed by atoms with van der Waals surface area (Å²) in [6.45, 7) is 3.11. The molecule has 0 saturated carbocycles. The molecule has 8 nitrogen and oxygen atoms in total. The summed E-state index contributed by atoms with van der Waals surface area (Å²) in [5.41, 5.74) is 4.46. The number of benzene rings is 2. The normalized spacial score (nSPS) is 14.2. The maximum absolute atomic E-state index is 12.5. The fraction of sp³-hybridized carbons (Fsp3) is 0.375. The van der Waals surface area contributed by atoms with E-state index in [9.17, 15) is 14.4 Å². The maximum atomic E-state index is 12.5. The van der Waals surface area contributed by atoms with Crippen molar-refractivity contribution in [3.05, 3.63) is 59.7 Å². The SMILES string of the molecule is CC(C)[C@H](CC(=O)NC(CO)C(=O)O)NC(=O)OCC1c2ccccc2-c2ccccc21. The maximum Gasteiger partial charge on any atom is 0.407 e. The molecule has 3 rings (SSSR count). The van der Waals surface area contributed by atoms with E-state index < -0.39 is 36.7 Å². The Hall–Kier alpha value is -3.39. The van der Waals surface area contributed by atoms with Crippen LogP contribution in [0.3, 0.4) is 0 Å². The molecule has 0 aromatic heterocycles. The van der Waals surface area contributed by atoms with Crippen LogP contribution in [-0.2, 0) is 14.3 Å². The molecule has 0 heterocycles. The highest BCUT2D eigenvalue weighted by Crippen LogP contribution is 2.44. The highest BCUT2D eigenvalue weighted by atomic mass is 16.5. The summed E-state index contributed by atoms with van der Waals surface area (Å²) in [7, 11) is 0. The summed E-state index contributed by atoms with van der Waals surface area (Å²) in [5, 5.41) is 23.0. The van der Waals surface area contributed by atoms with Gasteiger partial charge >= 0.3 is 12.1 Å². The summed E-state index contributed by atoms with van der Waals surface area (Å²) in [6.07, 6.45) is -0.777. The van der Waals surface area contributed by atoms with Crippen LogP contribution in [0.15, 0.2) is 48.5 Å². The van der Waals surface area contributed by atoms with Gasteiger partial charge in [-0.25, -0.2) is 9.59 Å². The summed E-state index contributed by atoms with van der Waals surface area (Å²) in [4.78, 5) is 35.7. The Morgan fingerprint density at radius 1 is 0.969 bits per heavy atom. The van der Waals surface area contributed by atoms with Crippen LogP contribution in [0.5, 0.6) is 0 Å². The van der Waals surface area contributed by atoms with E-state index in [0.29, 0.717) is 0 Å². The number of fused-ring (bicyclic) bond motifs is 3. The first-order valence-electron chi connectivity index (χ1n) is 10.6. The van der Waals surface area contributed by atoms with Crippen LogP contribution >= 0.6 is 0 Å². The standard InChI is InChI=1S/C24H28N2O6/c1-14(2)20(11-22(28)25-21(12-27)23(29)30)26-24(31)32-13-19-17-9-5-3-7-15(17)16-8-4-6-10-18(16)19/h3-10,14,19-21,27H,11-13H2,1-2H3,(H,25,28)(H,26,31)(H,29,30)/t20-,21?/m0/s1. The Labute approximate surface area is 186 Å². The molecule has 0 bridgehead atoms. The number of ether oxygens (including phenoxy) is 1. The van der Waals surface area contributed by atoms with Gasteiger partial charge in [0, 0.05) is 18.4 Å². The van der Waals surface area contributed by atoms with E-state index in [1.165, 1.54) is 0 Å². The van der Waals surface area contributed by atoms with Gasteiger partial charge in [0.15, 0.2) is 0 Å². The van der Waals surface area contributed by atoms with Crippen molar-refractivity contribution in [1.82, 2.24) is 10.6 Å². The fourth-order valence-electron chi connectivity index (χ4n) is 3.88. The van der Waals surface area contributed by atoms with E-state index >= 15 is 0 Å². The predicted octanol–water partition coefficient (Wildman–Crippen LogP) is 2.50. The van der Waals surface area contributed by atoms with Gasteiger partial charge < -0.3 is 25.6 Å². The van der Waals surface area contributed by atoms with Crippen molar-refractivity contribution in [2.45, 2.75) is 38.3 Å². The number of hydrogen-bond acceptors (Lipinski definition) is 5. The summed E-state index contributed by atoms with van der Waals surface area (Å²) in [5.74, 6) is -2.08. The molecule has 0 radical (unpaired) electrons. The van der Waals surface area contributed by atoms with Crippen LogP contribution in [0.2, 0.25) is 0 Å². The lowest BCUT2D eigenvalue weighted by atomic mass is 9.98. The smallest absolute Gasteiger partial charge is 0.407 e. The summed E-state index contributed by atoms with van der Waals surface area (Å²) >= 11 is 0. The third-order valence-corrected chi connectivity index (χ3v) is 5.67. The van der Waals surface area contributed by atoms with Crippen LogP contribution in [0.25, 0.3) is 11.1 Å². The highest BCUT2D eigenvalue weighted by Gasteiger charge is 2.30. The Balaban J connectivity index is 1.61. The third kappa shape index (κ3) is 5.26. The fourth-order valence-corrected chi connectivity index (χ4v) is 3.88. The number of carboxylic acids is 1. The number of aliphatic carboxylic acids is 1. The number of carbonyl (C=O) groups excluding carboxylic acids is 2. The molecular formula is C24H28N2O6. The van der Waals surface area contributed by atoms with Crippen molar-refractivity contribution in [2.24, 2.45) is 5.92 Å². The molecular weight excluding hydrogens is 412 g/mol. The first-order valence-corrected chi connectivity index (χ1v) is 10.6. The molecule has 1 unspecified atom stereocenters. The van der Waals surface area contributed by atoms with Gasteiger partial charge in [0.1, 0.15) is 12.6 Å². The highest BCUT2D eigenvalue weighted by molar-refractivity contribution is 5.84. The molecule has 0 spiro atoms. The van der Waals surface area contributed by atoms with Crippen LogP contribution in [0.1, 0.15) is 37.3 Å². The molecule has 170 valence electrons. The van der Waals surface area contributed by atoms with E-state index in [2.05, 4.69) is 22.8 Å². The van der Waals surface area contributed by atoms with Gasteiger partial charge in [0.05, 0.1) is 6.61 Å². The molecule has 2 atom stereocenters. The summed E-state index contributed by atoms with van der Waals surface area (Å²) in [6, 6.07) is 14.1. The molecule has 4 N–H and O–H groups in total. The number of alkyl carbamates (subject to hydrolysis) is 1. The molecule has 8 heteroatoms. The molecule has 1 aliphatic carbocycles. The largest absolute Gasteiger partial charge is 0.480 e. The Kier molecular flexibility index (Phi) is 7.48. The number of carboxylic acid groups (broad SMARTS) is 1. The molecule has 0 aliphatic heterocycles. The van der Waals surface area contributed by atoms with E-state index in [1.807, 2.05) is 50.2 Å². The van der Waals surface area contributed by atoms with Crippen LogP contribution < -0.4 is 10.6 Å². The molecule has 1 aliphatic rings. The number of carbonyl (C=O) groups is 3. The number of rotatable bonds is 9. The number of aliphatic hydroxyl groups is 1. The van der Waals surface area contributed by atoms with E-state index in [-0.39, 0.29) is 24.9 Å². The van der Waals surface area contributed by atoms with Crippen LogP contribution in [0, 0.1) is 5.92 Å². The van der Waals surface area contributed by atoms with E-state index in [1.54, 1.807) is 0 Å². The van der Waals surface area contributed by atoms with Crippen molar-refractivity contribution in [3.63, 3.8) is 0 Å². The van der Waals surface area contributed by atoms with Gasteiger partial charge in [0.2, 0.25) is 5.91 Å². The second kappa shape index (κ2) is 10.3. The Morgan fingerprint density at radius 3 is 2.03 bits per heavy atom. The first-order chi connectivity index (χ1) is 15.3. The van der Waals surface area contributed by atoms with Crippen LogP contribution in [0.4, 0.5) is 4.79 Å². The lowest BCUT2D eigenvalue weighted by Gasteiger charge is -2.23. The molecule has 0 saturated heterocycles. The first kappa shape index (κ1) is 23.3. The number of aliphatic hydroxyl groups excluding tert-OH is 1. The third-order valence-electron chi connectivity index (χ3n) is 5.67. The predicted molar refractivity (Wildman–Crippen MR) is 118 cm³/mol. The molecule has 0 fully saturated rings. The van der Waals surface area contributed by atoms with Crippen molar-refractivity contribution >= 4 is 18.0 Å². The minimum absolute atomic E-state index is 0.0742. The minimum atomic E-state index is -1.38.